The monoisotopic (exact) mass is 545 g/mol. The highest BCUT2D eigenvalue weighted by Gasteiger charge is 2.31. The molecule has 3 aromatic rings. The van der Waals surface area contributed by atoms with Gasteiger partial charge in [-0.3, -0.25) is 4.79 Å². The Morgan fingerprint density at radius 2 is 1.97 bits per heavy atom. The van der Waals surface area contributed by atoms with E-state index in [0.717, 1.165) is 11.1 Å². The number of hydrogen-bond donors (Lipinski definition) is 3. The number of alkyl halides is 4. The zero-order valence-corrected chi connectivity index (χ0v) is 22.0. The number of nitrogens with one attached hydrogen (secondary N) is 3. The molecule has 7 nitrogen and oxygen atoms in total. The van der Waals surface area contributed by atoms with Crippen LogP contribution in [0.3, 0.4) is 0 Å². The lowest BCUT2D eigenvalue weighted by Crippen LogP contribution is -2.46. The summed E-state index contributed by atoms with van der Waals surface area (Å²) in [7, 11) is 4.87. The van der Waals surface area contributed by atoms with E-state index < -0.39 is 24.9 Å². The Bertz CT molecular complexity index is 1390. The number of nitrogens with zero attached hydrogens (tertiary/aromatic N) is 2. The number of fused-ring (bicyclic) bond motifs is 1. The maximum atomic E-state index is 14.7. The molecule has 2 atom stereocenters. The molecule has 0 radical (unpaired) electrons. The average Bonchev–Trinajstić information content (AvgIpc) is 3.24. The Kier molecular flexibility index (Phi) is 8.55. The summed E-state index contributed by atoms with van der Waals surface area (Å²) in [6, 6.07) is 11.0. The van der Waals surface area contributed by atoms with Crippen LogP contribution in [-0.2, 0) is 6.54 Å². The summed E-state index contributed by atoms with van der Waals surface area (Å²) < 4.78 is 61.7. The van der Waals surface area contributed by atoms with Crippen LogP contribution in [-0.4, -0.2) is 74.6 Å². The fourth-order valence-corrected chi connectivity index (χ4v) is 4.69. The zero-order valence-electron chi connectivity index (χ0n) is 22.0. The van der Waals surface area contributed by atoms with Gasteiger partial charge in [0.1, 0.15) is 18.5 Å². The minimum absolute atomic E-state index is 0.0886. The number of methoxy groups -OCH3 is 1. The molecule has 0 unspecified atom stereocenters. The molecule has 2 heterocycles. The summed E-state index contributed by atoms with van der Waals surface area (Å²) in [6.45, 7) is -0.0996. The molecular formula is C28H31F4N5O2. The fourth-order valence-electron chi connectivity index (χ4n) is 4.69. The molecular weight excluding hydrogens is 514 g/mol. The van der Waals surface area contributed by atoms with Crippen LogP contribution in [0.4, 0.5) is 28.9 Å². The van der Waals surface area contributed by atoms with Gasteiger partial charge in [-0.15, -0.1) is 0 Å². The van der Waals surface area contributed by atoms with Crippen LogP contribution in [0.15, 0.2) is 42.5 Å². The van der Waals surface area contributed by atoms with Crippen LogP contribution in [0.2, 0.25) is 0 Å². The molecule has 0 aliphatic carbocycles. The third kappa shape index (κ3) is 6.75. The SMILES string of the molecule is CNC(=O)c1ccc(OC)c(NCC#Cc2cc3c(N[C@@H]4CCN(C)C[C@@H]4F)cccc3n2CC(F)(F)F)c1. The number of piperidine rings is 1. The maximum Gasteiger partial charge on any atom is 0.406 e. The summed E-state index contributed by atoms with van der Waals surface area (Å²) >= 11 is 0. The predicted octanol–water partition coefficient (Wildman–Crippen LogP) is 4.49. The lowest BCUT2D eigenvalue weighted by molar-refractivity contribution is -0.140. The van der Waals surface area contributed by atoms with Crippen molar-refractivity contribution in [3.05, 3.63) is 53.7 Å². The summed E-state index contributed by atoms with van der Waals surface area (Å²) in [5, 5.41) is 9.37. The summed E-state index contributed by atoms with van der Waals surface area (Å²) in [6.07, 6.45) is -4.98. The first-order valence-corrected chi connectivity index (χ1v) is 12.5. The van der Waals surface area contributed by atoms with Crippen molar-refractivity contribution >= 4 is 28.2 Å². The number of carbonyl (C=O) groups excluding carboxylic acids is 1. The number of benzene rings is 2. The van der Waals surface area contributed by atoms with E-state index in [-0.39, 0.29) is 18.1 Å². The predicted molar refractivity (Wildman–Crippen MR) is 144 cm³/mol. The lowest BCUT2D eigenvalue weighted by Gasteiger charge is -2.33. The van der Waals surface area contributed by atoms with Crippen molar-refractivity contribution in [2.75, 3.05) is 51.5 Å². The van der Waals surface area contributed by atoms with Crippen molar-refractivity contribution in [3.63, 3.8) is 0 Å². The molecule has 1 fully saturated rings. The first kappa shape index (κ1) is 28.1. The van der Waals surface area contributed by atoms with Gasteiger partial charge in [0.2, 0.25) is 0 Å². The van der Waals surface area contributed by atoms with Crippen LogP contribution < -0.4 is 20.7 Å². The highest BCUT2D eigenvalue weighted by atomic mass is 19.4. The Hall–Kier alpha value is -3.91. The van der Waals surface area contributed by atoms with Gasteiger partial charge < -0.3 is 30.2 Å². The normalized spacial score (nSPS) is 17.8. The number of anilines is 2. The molecule has 1 aromatic heterocycles. The van der Waals surface area contributed by atoms with Crippen LogP contribution in [0.5, 0.6) is 5.75 Å². The first-order chi connectivity index (χ1) is 18.6. The number of hydrogen-bond acceptors (Lipinski definition) is 5. The Labute approximate surface area is 224 Å². The third-order valence-electron chi connectivity index (χ3n) is 6.64. The quantitative estimate of drug-likeness (QED) is 0.302. The van der Waals surface area contributed by atoms with Crippen LogP contribution in [0, 0.1) is 11.8 Å². The van der Waals surface area contributed by atoms with Gasteiger partial charge in [-0.25, -0.2) is 4.39 Å². The Balaban J connectivity index is 1.61. The van der Waals surface area contributed by atoms with Gasteiger partial charge in [0.25, 0.3) is 5.91 Å². The second kappa shape index (κ2) is 11.9. The van der Waals surface area contributed by atoms with E-state index in [1.165, 1.54) is 14.2 Å². The molecule has 0 saturated carbocycles. The highest BCUT2D eigenvalue weighted by molar-refractivity contribution is 5.95. The third-order valence-corrected chi connectivity index (χ3v) is 6.64. The number of amides is 1. The number of rotatable bonds is 7. The van der Waals surface area contributed by atoms with Crippen LogP contribution in [0.1, 0.15) is 22.5 Å². The summed E-state index contributed by atoms with van der Waals surface area (Å²) in [5.41, 5.74) is 2.05. The largest absolute Gasteiger partial charge is 0.495 e. The van der Waals surface area contributed by atoms with Gasteiger partial charge >= 0.3 is 6.18 Å². The Morgan fingerprint density at radius 3 is 2.67 bits per heavy atom. The topological polar surface area (TPSA) is 70.6 Å². The number of carbonyl (C=O) groups is 1. The van der Waals surface area contributed by atoms with Crippen molar-refractivity contribution in [3.8, 4) is 17.6 Å². The van der Waals surface area contributed by atoms with Gasteiger partial charge in [-0.2, -0.15) is 13.2 Å². The van der Waals surface area contributed by atoms with E-state index in [1.54, 1.807) is 42.5 Å². The van der Waals surface area contributed by atoms with Crippen molar-refractivity contribution in [2.45, 2.75) is 31.4 Å². The Morgan fingerprint density at radius 1 is 1.18 bits per heavy atom. The van der Waals surface area contributed by atoms with E-state index in [0.29, 0.717) is 46.6 Å². The molecule has 1 aliphatic heterocycles. The van der Waals surface area contributed by atoms with E-state index in [4.69, 9.17) is 4.74 Å². The molecule has 1 aliphatic rings. The standard InChI is InChI=1S/C28H31F4N5O2/c1-33-27(38)18-9-10-26(39-3)24(14-18)34-12-5-6-19-15-20-22(35-23-11-13-36(2)16-21(23)29)7-4-8-25(20)37(19)17-28(30,31)32/h4,7-10,14-15,21,23,34-35H,11-13,16-17H2,1-3H3,(H,33,38)/t21-,23+/m0/s1. The van der Waals surface area contributed by atoms with Crippen LogP contribution >= 0.6 is 0 Å². The van der Waals surface area contributed by atoms with E-state index in [2.05, 4.69) is 27.8 Å². The number of ether oxygens (including phenoxy) is 1. The van der Waals surface area contributed by atoms with Gasteiger partial charge in [0.15, 0.2) is 0 Å². The van der Waals surface area contributed by atoms with Crippen LogP contribution in [0.25, 0.3) is 10.9 Å². The molecule has 0 bridgehead atoms. The molecule has 1 amide bonds. The molecule has 4 rings (SSSR count). The molecule has 2 aromatic carbocycles. The zero-order chi connectivity index (χ0) is 28.2. The summed E-state index contributed by atoms with van der Waals surface area (Å²) in [5.74, 6) is 5.94. The number of aromatic nitrogens is 1. The first-order valence-electron chi connectivity index (χ1n) is 12.5. The lowest BCUT2D eigenvalue weighted by atomic mass is 10.0. The second-order valence-electron chi connectivity index (χ2n) is 9.44. The van der Waals surface area contributed by atoms with E-state index in [9.17, 15) is 22.4 Å². The minimum Gasteiger partial charge on any atom is -0.495 e. The van der Waals surface area contributed by atoms with Gasteiger partial charge in [0.05, 0.1) is 36.6 Å². The minimum atomic E-state index is -4.46. The summed E-state index contributed by atoms with van der Waals surface area (Å²) in [4.78, 5) is 13.9. The fraction of sp³-hybridized carbons (Fsp3) is 0.393. The molecule has 1 saturated heterocycles. The van der Waals surface area contributed by atoms with Gasteiger partial charge in [-0.1, -0.05) is 12.0 Å². The smallest absolute Gasteiger partial charge is 0.406 e. The average molecular weight is 546 g/mol. The van der Waals surface area contributed by atoms with E-state index in [1.807, 2.05) is 11.9 Å². The second-order valence-corrected chi connectivity index (χ2v) is 9.44. The number of halogens is 4. The van der Waals surface area contributed by atoms with Gasteiger partial charge in [-0.05, 0) is 55.8 Å². The number of likely N-dealkylation sites (tertiary alicyclic amines) is 1. The van der Waals surface area contributed by atoms with Crippen molar-refractivity contribution in [1.82, 2.24) is 14.8 Å². The molecule has 3 N–H and O–H groups in total. The van der Waals surface area contributed by atoms with Gasteiger partial charge in [0, 0.05) is 36.8 Å². The molecule has 39 heavy (non-hydrogen) atoms. The van der Waals surface area contributed by atoms with E-state index >= 15 is 0 Å². The highest BCUT2D eigenvalue weighted by Crippen LogP contribution is 2.32. The molecule has 11 heteroatoms. The van der Waals surface area contributed by atoms with Crippen molar-refractivity contribution in [1.29, 1.82) is 0 Å². The molecule has 0 spiro atoms. The van der Waals surface area contributed by atoms with Crippen molar-refractivity contribution < 1.29 is 27.1 Å². The molecule has 208 valence electrons. The van der Waals surface area contributed by atoms with Crippen molar-refractivity contribution in [2.24, 2.45) is 0 Å². The maximum absolute atomic E-state index is 14.7.